The summed E-state index contributed by atoms with van der Waals surface area (Å²) < 4.78 is 24.5. The lowest BCUT2D eigenvalue weighted by Crippen LogP contribution is -2.05. The Kier molecular flexibility index (Phi) is 35.1. The Morgan fingerprint density at radius 1 is 0.429 bits per heavy atom. The first-order chi connectivity index (χ1) is 34.4. The molecule has 0 spiro atoms. The van der Waals surface area contributed by atoms with Gasteiger partial charge in [-0.2, -0.15) is 0 Å². The van der Waals surface area contributed by atoms with Crippen LogP contribution in [0.5, 0.6) is 0 Å². The maximum absolute atomic E-state index is 16.8. The monoisotopic (exact) mass is 1150 g/mol. The highest BCUT2D eigenvalue weighted by atomic mass is 79.9. The van der Waals surface area contributed by atoms with Crippen molar-refractivity contribution < 1.29 is 4.39 Å². The van der Waals surface area contributed by atoms with E-state index in [0.29, 0.717) is 17.4 Å². The smallest absolute Gasteiger partial charge is 0.134 e. The van der Waals surface area contributed by atoms with E-state index in [1.165, 1.54) is 283 Å². The van der Waals surface area contributed by atoms with Crippen LogP contribution in [0.2, 0.25) is 0 Å². The average Bonchev–Trinajstić information content (AvgIpc) is 4.09. The minimum absolute atomic E-state index is 0.158. The summed E-state index contributed by atoms with van der Waals surface area (Å²) in [6, 6.07) is 6.42. The number of benzene rings is 1. The van der Waals surface area contributed by atoms with Crippen LogP contribution in [0.25, 0.3) is 31.1 Å². The van der Waals surface area contributed by atoms with E-state index < -0.39 is 0 Å². The van der Waals surface area contributed by atoms with Crippen molar-refractivity contribution in [3.8, 4) is 20.9 Å². The number of unbranched alkanes of at least 4 members (excludes halogenated alkanes) is 32. The third-order valence-corrected chi connectivity index (χ3v) is 20.1. The molecular weight excluding hydrogens is 1050 g/mol. The molecule has 1 aromatic carbocycles. The molecule has 0 N–H and O–H groups in total. The molecule has 4 rings (SSSR count). The summed E-state index contributed by atoms with van der Waals surface area (Å²) in [7, 11) is 0. The Morgan fingerprint density at radius 2 is 0.743 bits per heavy atom. The third kappa shape index (κ3) is 24.8. The number of nitrogens with zero attached hydrogens (tertiary/aromatic N) is 2. The summed E-state index contributed by atoms with van der Waals surface area (Å²) in [5.41, 5.74) is 5.12. The van der Waals surface area contributed by atoms with E-state index in [-0.39, 0.29) is 5.82 Å². The number of rotatable bonds is 46. The maximum Gasteiger partial charge on any atom is 0.134 e. The summed E-state index contributed by atoms with van der Waals surface area (Å²) in [5.74, 6) is 1.20. The standard InChI is InChI=1S/C62H101Br2FN2S3/c1-5-9-13-17-21-25-27-31-35-39-42-50(41-37-33-29-23-19-15-11-7-3)45-52-47-56(68-61(52)63)54-49-55(65)58(60-59(54)66-67-70-60)57-48-53(62(64)69-57)46-51(43-38-34-30-24-20-16-12-8-4)44-40-36-32-28-26-22-18-14-10-6-2/h47-51H,5-46H2,1-4H3. The van der Waals surface area contributed by atoms with Gasteiger partial charge in [0.1, 0.15) is 11.3 Å². The fraction of sp³-hybridized carbons (Fsp3) is 0.774. The van der Waals surface area contributed by atoms with Crippen molar-refractivity contribution in [3.63, 3.8) is 0 Å². The molecule has 0 saturated heterocycles. The predicted molar refractivity (Wildman–Crippen MR) is 321 cm³/mol. The zero-order chi connectivity index (χ0) is 49.9. The lowest BCUT2D eigenvalue weighted by atomic mass is 9.89. The van der Waals surface area contributed by atoms with Crippen LogP contribution in [0, 0.1) is 17.7 Å². The van der Waals surface area contributed by atoms with Crippen molar-refractivity contribution in [3.05, 3.63) is 42.7 Å². The second-order valence-electron chi connectivity index (χ2n) is 21.7. The maximum atomic E-state index is 16.8. The molecule has 3 heterocycles. The van der Waals surface area contributed by atoms with Gasteiger partial charge in [-0.15, -0.1) is 27.8 Å². The second-order valence-corrected chi connectivity index (χ2v) is 27.2. The number of aromatic nitrogens is 2. The molecule has 70 heavy (non-hydrogen) atoms. The zero-order valence-corrected chi connectivity index (χ0v) is 51.0. The normalized spacial score (nSPS) is 12.8. The molecule has 2 nitrogen and oxygen atoms in total. The summed E-state index contributed by atoms with van der Waals surface area (Å²) in [5, 5.41) is 4.70. The molecule has 2 atom stereocenters. The predicted octanol–water partition coefficient (Wildman–Crippen LogP) is 24.8. The van der Waals surface area contributed by atoms with Gasteiger partial charge in [0, 0.05) is 20.9 Å². The Balaban J connectivity index is 1.41. The molecule has 0 radical (unpaired) electrons. The fourth-order valence-electron chi connectivity index (χ4n) is 11.0. The number of hydrogen-bond donors (Lipinski definition) is 0. The molecule has 0 aliphatic carbocycles. The molecule has 0 bridgehead atoms. The highest BCUT2D eigenvalue weighted by Gasteiger charge is 2.24. The molecule has 398 valence electrons. The Morgan fingerprint density at radius 3 is 1.10 bits per heavy atom. The first-order valence-electron chi connectivity index (χ1n) is 29.9. The second kappa shape index (κ2) is 39.7. The molecule has 0 aliphatic heterocycles. The van der Waals surface area contributed by atoms with Gasteiger partial charge in [-0.25, -0.2) is 4.39 Å². The zero-order valence-electron chi connectivity index (χ0n) is 45.3. The Hall–Kier alpha value is -0.670. The van der Waals surface area contributed by atoms with Gasteiger partial charge >= 0.3 is 0 Å². The summed E-state index contributed by atoms with van der Waals surface area (Å²) in [6.07, 6.45) is 56.9. The highest BCUT2D eigenvalue weighted by Crippen LogP contribution is 2.46. The van der Waals surface area contributed by atoms with Gasteiger partial charge in [0.15, 0.2) is 0 Å². The summed E-state index contributed by atoms with van der Waals surface area (Å²) in [6.45, 7) is 9.22. The summed E-state index contributed by atoms with van der Waals surface area (Å²) in [4.78, 5) is 2.09. The van der Waals surface area contributed by atoms with Crippen LogP contribution in [0.1, 0.15) is 296 Å². The number of fused-ring (bicyclic) bond motifs is 1. The lowest BCUT2D eigenvalue weighted by molar-refractivity contribution is 0.399. The van der Waals surface area contributed by atoms with Gasteiger partial charge < -0.3 is 0 Å². The van der Waals surface area contributed by atoms with Crippen molar-refractivity contribution in [1.82, 2.24) is 9.59 Å². The lowest BCUT2D eigenvalue weighted by Gasteiger charge is -2.17. The molecule has 2 unspecified atom stereocenters. The van der Waals surface area contributed by atoms with Gasteiger partial charge in [-0.1, -0.05) is 289 Å². The van der Waals surface area contributed by atoms with Crippen molar-refractivity contribution in [1.29, 1.82) is 0 Å². The number of hydrogen-bond acceptors (Lipinski definition) is 5. The van der Waals surface area contributed by atoms with E-state index >= 15 is 4.39 Å². The SMILES string of the molecule is CCCCCCCCCCCCC(CCCCCCCCCC)Cc1cc(-c2cc(F)c(-c3cc(CC(CCCCCCCCCC)CCCCCCCCCCCC)c(Br)s3)c3snnc23)sc1Br. The number of halogens is 3. The summed E-state index contributed by atoms with van der Waals surface area (Å²) >= 11 is 12.8. The van der Waals surface area contributed by atoms with Crippen molar-refractivity contribution in [2.24, 2.45) is 11.8 Å². The van der Waals surface area contributed by atoms with Gasteiger partial charge in [0.25, 0.3) is 0 Å². The minimum Gasteiger partial charge on any atom is -0.206 e. The van der Waals surface area contributed by atoms with E-state index in [9.17, 15) is 0 Å². The Bertz CT molecular complexity index is 1880. The third-order valence-electron chi connectivity index (χ3n) is 15.4. The van der Waals surface area contributed by atoms with Crippen LogP contribution in [-0.2, 0) is 12.8 Å². The highest BCUT2D eigenvalue weighted by molar-refractivity contribution is 9.11. The molecule has 0 fully saturated rings. The molecule has 4 aromatic rings. The molecule has 0 saturated carbocycles. The van der Waals surface area contributed by atoms with Crippen molar-refractivity contribution in [2.45, 2.75) is 297 Å². The van der Waals surface area contributed by atoms with Crippen molar-refractivity contribution >= 4 is 76.3 Å². The van der Waals surface area contributed by atoms with E-state index in [4.69, 9.17) is 5.10 Å². The van der Waals surface area contributed by atoms with Crippen LogP contribution in [0.4, 0.5) is 4.39 Å². The molecule has 3 aromatic heterocycles. The topological polar surface area (TPSA) is 25.8 Å². The van der Waals surface area contributed by atoms with Crippen LogP contribution in [-0.4, -0.2) is 9.59 Å². The number of thiophene rings is 2. The quantitative estimate of drug-likeness (QED) is 0.0412. The largest absolute Gasteiger partial charge is 0.206 e. The first kappa shape index (κ1) is 61.9. The van der Waals surface area contributed by atoms with Crippen LogP contribution < -0.4 is 0 Å². The van der Waals surface area contributed by atoms with Crippen LogP contribution >= 0.6 is 66.1 Å². The van der Waals surface area contributed by atoms with E-state index in [0.717, 1.165) is 42.2 Å². The molecule has 0 aliphatic rings. The van der Waals surface area contributed by atoms with E-state index in [1.54, 1.807) is 28.7 Å². The Labute approximate surface area is 459 Å². The molecular formula is C62H101Br2FN2S3. The van der Waals surface area contributed by atoms with Crippen LogP contribution in [0.3, 0.4) is 0 Å². The van der Waals surface area contributed by atoms with Crippen LogP contribution in [0.15, 0.2) is 25.8 Å². The van der Waals surface area contributed by atoms with Gasteiger partial charge in [-0.05, 0) is 97.4 Å². The first-order valence-corrected chi connectivity index (χ1v) is 33.9. The molecule has 8 heteroatoms. The molecule has 0 amide bonds. The minimum atomic E-state index is -0.158. The fourth-order valence-corrected chi connectivity index (χ4v) is 15.3. The van der Waals surface area contributed by atoms with Gasteiger partial charge in [-0.3, -0.25) is 0 Å². The van der Waals surface area contributed by atoms with Crippen molar-refractivity contribution in [2.75, 3.05) is 0 Å². The van der Waals surface area contributed by atoms with E-state index in [1.807, 2.05) is 0 Å². The van der Waals surface area contributed by atoms with Gasteiger partial charge in [0.05, 0.1) is 12.3 Å². The van der Waals surface area contributed by atoms with Gasteiger partial charge in [0.2, 0.25) is 0 Å². The van der Waals surface area contributed by atoms with E-state index in [2.05, 4.69) is 76.2 Å². The average molecular weight is 1150 g/mol.